The third-order valence-electron chi connectivity index (χ3n) is 8.13. The predicted molar refractivity (Wildman–Crippen MR) is 164 cm³/mol. The van der Waals surface area contributed by atoms with E-state index in [0.29, 0.717) is 47.5 Å². The number of halogens is 2. The van der Waals surface area contributed by atoms with E-state index in [1.807, 2.05) is 47.4 Å². The van der Waals surface area contributed by atoms with E-state index in [-0.39, 0.29) is 29.7 Å². The Kier molecular flexibility index (Phi) is 8.21. The van der Waals surface area contributed by atoms with Crippen LogP contribution < -0.4 is 9.64 Å². The van der Waals surface area contributed by atoms with E-state index in [9.17, 15) is 14.0 Å². The number of thioether (sulfide) groups is 1. The molecule has 0 aliphatic carbocycles. The maximum Gasteiger partial charge on any atom is 0.242 e. The van der Waals surface area contributed by atoms with E-state index in [1.165, 1.54) is 28.8 Å². The number of anilines is 1. The Morgan fingerprint density at radius 1 is 1.02 bits per heavy atom. The number of rotatable bonds is 6. The first-order valence-corrected chi connectivity index (χ1v) is 15.4. The molecule has 1 aromatic heterocycles. The number of carbonyl (C=O) groups excluding carboxylic acids is 2. The SMILES string of the molecule is COc1ccc(-n2nc(-c3ccccc3)c3c2N(CC(=O)N2CCC(C)CC2)C(=O)CS[C@H]3c2ccc(F)cc2F)cc1. The van der Waals surface area contributed by atoms with Gasteiger partial charge < -0.3 is 9.64 Å². The van der Waals surface area contributed by atoms with Crippen LogP contribution in [0.5, 0.6) is 5.75 Å². The van der Waals surface area contributed by atoms with Crippen molar-refractivity contribution in [2.45, 2.75) is 25.0 Å². The highest BCUT2D eigenvalue weighted by molar-refractivity contribution is 8.00. The molecule has 2 aliphatic rings. The topological polar surface area (TPSA) is 67.7 Å². The Morgan fingerprint density at radius 2 is 1.74 bits per heavy atom. The average molecular weight is 603 g/mol. The van der Waals surface area contributed by atoms with Crippen LogP contribution in [0.4, 0.5) is 14.6 Å². The molecule has 0 bridgehead atoms. The molecule has 2 aliphatic heterocycles. The number of methoxy groups -OCH3 is 1. The molecule has 0 unspecified atom stereocenters. The Bertz CT molecular complexity index is 1640. The molecule has 3 aromatic carbocycles. The number of ether oxygens (including phenoxy) is 1. The minimum Gasteiger partial charge on any atom is -0.497 e. The van der Waals surface area contributed by atoms with E-state index in [2.05, 4.69) is 6.92 Å². The zero-order valence-electron chi connectivity index (χ0n) is 24.0. The van der Waals surface area contributed by atoms with Gasteiger partial charge in [0, 0.05) is 35.8 Å². The zero-order valence-corrected chi connectivity index (χ0v) is 24.8. The van der Waals surface area contributed by atoms with Gasteiger partial charge in [-0.15, -0.1) is 11.8 Å². The van der Waals surface area contributed by atoms with Crippen molar-refractivity contribution in [3.63, 3.8) is 0 Å². The molecule has 2 amide bonds. The number of aromatic nitrogens is 2. The molecular formula is C33H32F2N4O3S. The highest BCUT2D eigenvalue weighted by Crippen LogP contribution is 2.49. The summed E-state index contributed by atoms with van der Waals surface area (Å²) in [7, 11) is 1.58. The maximum absolute atomic E-state index is 15.4. The van der Waals surface area contributed by atoms with Crippen molar-refractivity contribution in [2.24, 2.45) is 5.92 Å². The standard InChI is InChI=1S/C33H32F2N4O3S/c1-21-14-16-37(17-15-21)28(40)19-38-29(41)20-43-32(26-13-8-23(34)18-27(26)35)30-31(22-6-4-3-5-7-22)36-39(33(30)38)24-9-11-25(42-2)12-10-24/h3-13,18,21,32H,14-17,19-20H2,1-2H3/t32-/m0/s1. The summed E-state index contributed by atoms with van der Waals surface area (Å²) in [6, 6.07) is 20.2. The molecule has 1 saturated heterocycles. The number of hydrogen-bond donors (Lipinski definition) is 0. The number of hydrogen-bond acceptors (Lipinski definition) is 5. The van der Waals surface area contributed by atoms with Gasteiger partial charge in [-0.2, -0.15) is 5.10 Å². The molecule has 4 aromatic rings. The van der Waals surface area contributed by atoms with Crippen LogP contribution in [-0.4, -0.2) is 59.0 Å². The molecule has 0 saturated carbocycles. The van der Waals surface area contributed by atoms with Gasteiger partial charge in [-0.25, -0.2) is 13.5 Å². The minimum absolute atomic E-state index is 0.00266. The van der Waals surface area contributed by atoms with Crippen LogP contribution in [0.25, 0.3) is 16.9 Å². The van der Waals surface area contributed by atoms with Crippen molar-refractivity contribution < 1.29 is 23.1 Å². The van der Waals surface area contributed by atoms with Crippen LogP contribution in [0.15, 0.2) is 72.8 Å². The van der Waals surface area contributed by atoms with Gasteiger partial charge in [-0.1, -0.05) is 43.3 Å². The van der Waals surface area contributed by atoms with Gasteiger partial charge in [0.1, 0.15) is 29.7 Å². The number of likely N-dealkylation sites (tertiary alicyclic amines) is 1. The lowest BCUT2D eigenvalue weighted by molar-refractivity contribution is -0.132. The molecule has 0 N–H and O–H groups in total. The molecule has 1 atom stereocenters. The lowest BCUT2D eigenvalue weighted by Gasteiger charge is -2.32. The van der Waals surface area contributed by atoms with Crippen molar-refractivity contribution >= 4 is 29.4 Å². The predicted octanol–water partition coefficient (Wildman–Crippen LogP) is 6.25. The van der Waals surface area contributed by atoms with Gasteiger partial charge >= 0.3 is 0 Å². The Morgan fingerprint density at radius 3 is 2.42 bits per heavy atom. The van der Waals surface area contributed by atoms with Gasteiger partial charge in [-0.3, -0.25) is 14.5 Å². The molecule has 3 heterocycles. The van der Waals surface area contributed by atoms with Gasteiger partial charge in [0.05, 0.1) is 29.5 Å². The Balaban J connectivity index is 1.57. The van der Waals surface area contributed by atoms with Crippen molar-refractivity contribution in [3.05, 3.63) is 95.6 Å². The van der Waals surface area contributed by atoms with E-state index >= 15 is 4.39 Å². The number of nitrogens with zero attached hydrogens (tertiary/aromatic N) is 4. The summed E-state index contributed by atoms with van der Waals surface area (Å²) in [6.45, 7) is 3.28. The summed E-state index contributed by atoms with van der Waals surface area (Å²) < 4.78 is 36.5. The Hall–Kier alpha value is -4.18. The first-order chi connectivity index (χ1) is 20.8. The number of fused-ring (bicyclic) bond motifs is 1. The van der Waals surface area contributed by atoms with E-state index < -0.39 is 16.9 Å². The van der Waals surface area contributed by atoms with Crippen molar-refractivity contribution in [3.8, 4) is 22.7 Å². The molecule has 6 rings (SSSR count). The highest BCUT2D eigenvalue weighted by Gasteiger charge is 2.39. The fourth-order valence-corrected chi connectivity index (χ4v) is 6.90. The molecule has 10 heteroatoms. The van der Waals surface area contributed by atoms with Crippen LogP contribution in [-0.2, 0) is 9.59 Å². The fourth-order valence-electron chi connectivity index (χ4n) is 5.68. The molecule has 1 fully saturated rings. The van der Waals surface area contributed by atoms with Crippen molar-refractivity contribution in [1.29, 1.82) is 0 Å². The molecular weight excluding hydrogens is 570 g/mol. The average Bonchev–Trinajstić information content (AvgIpc) is 3.35. The molecule has 7 nitrogen and oxygen atoms in total. The number of carbonyl (C=O) groups is 2. The smallest absolute Gasteiger partial charge is 0.242 e. The van der Waals surface area contributed by atoms with E-state index in [4.69, 9.17) is 9.84 Å². The first kappa shape index (κ1) is 28.9. The second-order valence-electron chi connectivity index (χ2n) is 11.0. The summed E-state index contributed by atoms with van der Waals surface area (Å²) in [6.07, 6.45) is 1.82. The van der Waals surface area contributed by atoms with Crippen LogP contribution in [0.2, 0.25) is 0 Å². The summed E-state index contributed by atoms with van der Waals surface area (Å²) in [4.78, 5) is 30.9. The summed E-state index contributed by atoms with van der Waals surface area (Å²) in [5.74, 6) is -0.243. The lowest BCUT2D eigenvalue weighted by atomic mass is 9.98. The van der Waals surface area contributed by atoms with Gasteiger partial charge in [0.2, 0.25) is 11.8 Å². The lowest BCUT2D eigenvalue weighted by Crippen LogP contribution is -2.46. The molecule has 43 heavy (non-hydrogen) atoms. The van der Waals surface area contributed by atoms with Crippen LogP contribution in [0, 0.1) is 17.6 Å². The first-order valence-electron chi connectivity index (χ1n) is 14.3. The van der Waals surface area contributed by atoms with Crippen molar-refractivity contribution in [2.75, 3.05) is 37.4 Å². The summed E-state index contributed by atoms with van der Waals surface area (Å²) >= 11 is 1.25. The second-order valence-corrected chi connectivity index (χ2v) is 12.1. The van der Waals surface area contributed by atoms with E-state index in [0.717, 1.165) is 24.5 Å². The quantitative estimate of drug-likeness (QED) is 0.261. The highest BCUT2D eigenvalue weighted by atomic mass is 32.2. The summed E-state index contributed by atoms with van der Waals surface area (Å²) in [5.41, 5.74) is 2.78. The maximum atomic E-state index is 15.4. The molecule has 222 valence electrons. The number of amides is 2. The van der Waals surface area contributed by atoms with Crippen LogP contribution in [0.3, 0.4) is 0 Å². The van der Waals surface area contributed by atoms with Gasteiger partial charge in [0.25, 0.3) is 0 Å². The van der Waals surface area contributed by atoms with Crippen molar-refractivity contribution in [1.82, 2.24) is 14.7 Å². The third kappa shape index (κ3) is 5.76. The monoisotopic (exact) mass is 602 g/mol. The normalized spacial score (nSPS) is 17.5. The number of piperidine rings is 1. The van der Waals surface area contributed by atoms with Crippen LogP contribution >= 0.6 is 11.8 Å². The molecule has 0 spiro atoms. The summed E-state index contributed by atoms with van der Waals surface area (Å²) in [5, 5.41) is 4.32. The number of benzene rings is 3. The fraction of sp³-hybridized carbons (Fsp3) is 0.303. The van der Waals surface area contributed by atoms with Gasteiger partial charge in [0.15, 0.2) is 0 Å². The second kappa shape index (κ2) is 12.2. The largest absolute Gasteiger partial charge is 0.497 e. The van der Waals surface area contributed by atoms with Gasteiger partial charge in [-0.05, 0) is 49.1 Å². The molecule has 0 radical (unpaired) electrons. The Labute approximate surface area is 253 Å². The zero-order chi connectivity index (χ0) is 30.1. The minimum atomic E-state index is -0.709. The third-order valence-corrected chi connectivity index (χ3v) is 9.36. The van der Waals surface area contributed by atoms with Crippen LogP contribution in [0.1, 0.15) is 36.1 Å². The van der Waals surface area contributed by atoms with E-state index in [1.54, 1.807) is 23.9 Å².